The number of hydrogen-bond donors (Lipinski definition) is 0. The standard InChI is InChI=1S/C19H16BrN3OS/c1-12(11-21)25-19-22-17-9-8-15(20)10-16(17)18(24)23(19)13(2)14-6-4-3-5-7-14/h3-10,12-13H,1-2H3/t12-,13-/m1/s1. The average molecular weight is 414 g/mol. The Balaban J connectivity index is 2.26. The molecule has 4 nitrogen and oxygen atoms in total. The van der Waals surface area contributed by atoms with Gasteiger partial charge >= 0.3 is 0 Å². The number of nitriles is 1. The first-order valence-electron chi connectivity index (χ1n) is 7.84. The highest BCUT2D eigenvalue weighted by molar-refractivity contribution is 9.10. The monoisotopic (exact) mass is 413 g/mol. The molecule has 0 radical (unpaired) electrons. The van der Waals surface area contributed by atoms with E-state index in [2.05, 4.69) is 27.0 Å². The number of halogens is 1. The zero-order valence-corrected chi connectivity index (χ0v) is 16.2. The number of nitrogens with zero attached hydrogens (tertiary/aromatic N) is 3. The molecular weight excluding hydrogens is 398 g/mol. The van der Waals surface area contributed by atoms with Gasteiger partial charge in [-0.05, 0) is 37.6 Å². The average Bonchev–Trinajstić information content (AvgIpc) is 2.63. The summed E-state index contributed by atoms with van der Waals surface area (Å²) in [7, 11) is 0. The smallest absolute Gasteiger partial charge is 0.262 e. The molecule has 25 heavy (non-hydrogen) atoms. The maximum absolute atomic E-state index is 13.2. The molecular formula is C19H16BrN3OS. The fourth-order valence-electron chi connectivity index (χ4n) is 2.64. The van der Waals surface area contributed by atoms with Crippen LogP contribution in [0, 0.1) is 11.3 Å². The largest absolute Gasteiger partial charge is 0.280 e. The molecule has 0 bridgehead atoms. The lowest BCUT2D eigenvalue weighted by Crippen LogP contribution is -2.27. The highest BCUT2D eigenvalue weighted by Crippen LogP contribution is 2.28. The van der Waals surface area contributed by atoms with E-state index in [1.54, 1.807) is 17.6 Å². The predicted octanol–water partition coefficient (Wildman–Crippen LogP) is 4.77. The Kier molecular flexibility index (Phi) is 5.26. The fraction of sp³-hybridized carbons (Fsp3) is 0.211. The van der Waals surface area contributed by atoms with E-state index in [1.165, 1.54) is 11.8 Å². The minimum Gasteiger partial charge on any atom is -0.280 e. The molecule has 1 aromatic heterocycles. The van der Waals surface area contributed by atoms with Crippen LogP contribution in [0.1, 0.15) is 25.5 Å². The zero-order chi connectivity index (χ0) is 18.0. The van der Waals surface area contributed by atoms with Crippen LogP contribution in [0.25, 0.3) is 10.9 Å². The van der Waals surface area contributed by atoms with Gasteiger partial charge in [-0.15, -0.1) is 0 Å². The summed E-state index contributed by atoms with van der Waals surface area (Å²) in [6.07, 6.45) is 0. The van der Waals surface area contributed by atoms with Gasteiger partial charge in [-0.1, -0.05) is 58.0 Å². The lowest BCUT2D eigenvalue weighted by Gasteiger charge is -2.20. The van der Waals surface area contributed by atoms with E-state index in [4.69, 9.17) is 5.26 Å². The van der Waals surface area contributed by atoms with Crippen molar-refractivity contribution in [3.8, 4) is 6.07 Å². The number of rotatable bonds is 4. The van der Waals surface area contributed by atoms with Crippen LogP contribution in [-0.4, -0.2) is 14.8 Å². The van der Waals surface area contributed by atoms with E-state index in [1.807, 2.05) is 49.4 Å². The molecule has 3 aromatic rings. The van der Waals surface area contributed by atoms with E-state index in [0.717, 1.165) is 10.0 Å². The van der Waals surface area contributed by atoms with E-state index in [0.29, 0.717) is 16.1 Å². The summed E-state index contributed by atoms with van der Waals surface area (Å²) in [4.78, 5) is 17.9. The highest BCUT2D eigenvalue weighted by Gasteiger charge is 2.19. The van der Waals surface area contributed by atoms with Crippen LogP contribution in [0.15, 0.2) is 63.0 Å². The molecule has 0 aliphatic rings. The SMILES string of the molecule is C[C@H](C#N)Sc1nc2ccc(Br)cc2c(=O)n1[C@H](C)c1ccccc1. The third kappa shape index (κ3) is 3.63. The van der Waals surface area contributed by atoms with E-state index in [-0.39, 0.29) is 16.9 Å². The summed E-state index contributed by atoms with van der Waals surface area (Å²) in [6, 6.07) is 17.3. The second-order valence-corrected chi connectivity index (χ2v) is 7.93. The minimum absolute atomic E-state index is 0.102. The molecule has 0 fully saturated rings. The van der Waals surface area contributed by atoms with Gasteiger partial charge in [0.25, 0.3) is 5.56 Å². The Morgan fingerprint density at radius 3 is 2.60 bits per heavy atom. The van der Waals surface area contributed by atoms with Crippen LogP contribution in [0.4, 0.5) is 0 Å². The van der Waals surface area contributed by atoms with Crippen LogP contribution in [-0.2, 0) is 0 Å². The molecule has 0 spiro atoms. The van der Waals surface area contributed by atoms with Gasteiger partial charge in [0.05, 0.1) is 28.3 Å². The third-order valence-electron chi connectivity index (χ3n) is 3.96. The molecule has 126 valence electrons. The third-order valence-corrected chi connectivity index (χ3v) is 5.41. The fourth-order valence-corrected chi connectivity index (χ4v) is 3.88. The van der Waals surface area contributed by atoms with Gasteiger partial charge in [0.15, 0.2) is 5.16 Å². The molecule has 0 aliphatic carbocycles. The first kappa shape index (κ1) is 17.7. The predicted molar refractivity (Wildman–Crippen MR) is 105 cm³/mol. The van der Waals surface area contributed by atoms with E-state index < -0.39 is 0 Å². The molecule has 1 heterocycles. The molecule has 0 saturated carbocycles. The van der Waals surface area contributed by atoms with Crippen molar-refractivity contribution in [3.05, 3.63) is 68.9 Å². The van der Waals surface area contributed by atoms with Crippen molar-refractivity contribution in [2.45, 2.75) is 30.3 Å². The van der Waals surface area contributed by atoms with Gasteiger partial charge in [-0.2, -0.15) is 5.26 Å². The van der Waals surface area contributed by atoms with Crippen molar-refractivity contribution in [1.82, 2.24) is 9.55 Å². The Morgan fingerprint density at radius 2 is 1.92 bits per heavy atom. The van der Waals surface area contributed by atoms with Crippen LogP contribution in [0.2, 0.25) is 0 Å². The van der Waals surface area contributed by atoms with Crippen molar-refractivity contribution in [2.75, 3.05) is 0 Å². The lowest BCUT2D eigenvalue weighted by atomic mass is 10.1. The zero-order valence-electron chi connectivity index (χ0n) is 13.8. The Bertz CT molecular complexity index is 1010. The van der Waals surface area contributed by atoms with Gasteiger partial charge in [-0.25, -0.2) is 4.98 Å². The summed E-state index contributed by atoms with van der Waals surface area (Å²) < 4.78 is 2.52. The van der Waals surface area contributed by atoms with Crippen molar-refractivity contribution in [2.24, 2.45) is 0 Å². The number of thioether (sulfide) groups is 1. The van der Waals surface area contributed by atoms with Crippen LogP contribution >= 0.6 is 27.7 Å². The Morgan fingerprint density at radius 1 is 1.20 bits per heavy atom. The molecule has 2 aromatic carbocycles. The summed E-state index contributed by atoms with van der Waals surface area (Å²) in [5, 5.41) is 9.99. The van der Waals surface area contributed by atoms with E-state index in [9.17, 15) is 4.79 Å². The van der Waals surface area contributed by atoms with Gasteiger partial charge in [0.2, 0.25) is 0 Å². The first-order chi connectivity index (χ1) is 12.0. The maximum Gasteiger partial charge on any atom is 0.262 e. The topological polar surface area (TPSA) is 58.7 Å². The van der Waals surface area contributed by atoms with Gasteiger partial charge in [0, 0.05) is 4.47 Å². The van der Waals surface area contributed by atoms with Gasteiger partial charge in [0.1, 0.15) is 0 Å². The number of benzene rings is 2. The second-order valence-electron chi connectivity index (χ2n) is 5.71. The summed E-state index contributed by atoms with van der Waals surface area (Å²) in [5.41, 5.74) is 1.56. The molecule has 0 unspecified atom stereocenters. The molecule has 0 aliphatic heterocycles. The van der Waals surface area contributed by atoms with Crippen molar-refractivity contribution in [1.29, 1.82) is 5.26 Å². The highest BCUT2D eigenvalue weighted by atomic mass is 79.9. The van der Waals surface area contributed by atoms with Crippen molar-refractivity contribution in [3.63, 3.8) is 0 Å². The minimum atomic E-state index is -0.297. The first-order valence-corrected chi connectivity index (χ1v) is 9.51. The van der Waals surface area contributed by atoms with Crippen LogP contribution in [0.5, 0.6) is 0 Å². The summed E-state index contributed by atoms with van der Waals surface area (Å²) >= 11 is 4.72. The normalized spacial score (nSPS) is 13.4. The van der Waals surface area contributed by atoms with Crippen molar-refractivity contribution < 1.29 is 0 Å². The van der Waals surface area contributed by atoms with Crippen molar-refractivity contribution >= 4 is 38.6 Å². The Labute approximate surface area is 158 Å². The quantitative estimate of drug-likeness (QED) is 0.456. The Hall–Kier alpha value is -2.10. The van der Waals surface area contributed by atoms with Gasteiger partial charge < -0.3 is 0 Å². The summed E-state index contributed by atoms with van der Waals surface area (Å²) in [6.45, 7) is 3.78. The molecule has 0 N–H and O–H groups in total. The lowest BCUT2D eigenvalue weighted by molar-refractivity contribution is 0.548. The van der Waals surface area contributed by atoms with E-state index >= 15 is 0 Å². The molecule has 6 heteroatoms. The molecule has 2 atom stereocenters. The van der Waals surface area contributed by atoms with Crippen LogP contribution in [0.3, 0.4) is 0 Å². The van der Waals surface area contributed by atoms with Crippen LogP contribution < -0.4 is 5.56 Å². The number of fused-ring (bicyclic) bond motifs is 1. The molecule has 3 rings (SSSR count). The second kappa shape index (κ2) is 7.42. The molecule has 0 amide bonds. The molecule has 0 saturated heterocycles. The maximum atomic E-state index is 13.2. The summed E-state index contributed by atoms with van der Waals surface area (Å²) in [5.74, 6) is 0. The van der Waals surface area contributed by atoms with Gasteiger partial charge in [-0.3, -0.25) is 9.36 Å². The number of hydrogen-bond acceptors (Lipinski definition) is 4. The number of aromatic nitrogens is 2.